The van der Waals surface area contributed by atoms with E-state index < -0.39 is 0 Å². The van der Waals surface area contributed by atoms with Crippen LogP contribution in [0, 0.1) is 0 Å². The first-order valence-corrected chi connectivity index (χ1v) is 23.3. The van der Waals surface area contributed by atoms with Gasteiger partial charge >= 0.3 is 0 Å². The fraction of sp³-hybridized carbons (Fsp3) is 0. The Bertz CT molecular complexity index is 4290. The number of fused-ring (bicyclic) bond motifs is 10. The van der Waals surface area contributed by atoms with Crippen LogP contribution in [0.1, 0.15) is 0 Å². The van der Waals surface area contributed by atoms with E-state index in [1.807, 2.05) is 36.4 Å². The normalized spacial score (nSPS) is 11.8. The zero-order chi connectivity index (χ0) is 45.4. The molecule has 0 atom stereocenters. The second kappa shape index (κ2) is 15.6. The zero-order valence-corrected chi connectivity index (χ0v) is 37.2. The van der Waals surface area contributed by atoms with Crippen molar-refractivity contribution in [2.45, 2.75) is 0 Å². The molecule has 10 aromatic carbocycles. The van der Waals surface area contributed by atoms with E-state index in [9.17, 15) is 0 Å². The highest BCUT2D eigenvalue weighted by molar-refractivity contribution is 6.24. The molecule has 0 aliphatic rings. The number of furan rings is 1. The Hall–Kier alpha value is -9.39. The quantitative estimate of drug-likeness (QED) is 0.160. The number of hydrogen-bond donors (Lipinski definition) is 0. The lowest BCUT2D eigenvalue weighted by Gasteiger charge is -2.17. The summed E-state index contributed by atoms with van der Waals surface area (Å²) in [6, 6.07) is 83.4. The lowest BCUT2D eigenvalue weighted by molar-refractivity contribution is 0.669. The first-order chi connectivity index (χ1) is 34.2. The molecule has 14 rings (SSSR count). The van der Waals surface area contributed by atoms with E-state index in [2.05, 4.69) is 209 Å². The Morgan fingerprint density at radius 3 is 1.49 bits per heavy atom. The smallest absolute Gasteiger partial charge is 0.238 e. The summed E-state index contributed by atoms with van der Waals surface area (Å²) in [4.78, 5) is 16.3. The summed E-state index contributed by atoms with van der Waals surface area (Å²) in [6.45, 7) is 0. The molecule has 0 spiro atoms. The van der Waals surface area contributed by atoms with Gasteiger partial charge in [0.1, 0.15) is 11.2 Å². The van der Waals surface area contributed by atoms with Gasteiger partial charge in [-0.1, -0.05) is 200 Å². The minimum Gasteiger partial charge on any atom is -0.456 e. The minimum atomic E-state index is 0.520. The summed E-state index contributed by atoms with van der Waals surface area (Å²) in [5.41, 5.74) is 15.4. The molecule has 14 aromatic rings. The van der Waals surface area contributed by atoms with Crippen molar-refractivity contribution in [1.82, 2.24) is 24.1 Å². The van der Waals surface area contributed by atoms with Crippen molar-refractivity contribution in [1.29, 1.82) is 0 Å². The number of para-hydroxylation sites is 2. The lowest BCUT2D eigenvalue weighted by Crippen LogP contribution is -2.07. The SMILES string of the molecule is c1ccc(-c2ccc(-c3ccccc3)c(-n3c4ccccc4c4ccc5c6ccccc6n(-c6nc(-c7ccccc7)nc(-c7cccc8oc9cc(-c%10ccccc%10)ccc9c78)n6)c5c43)c2)cc1. The Balaban J connectivity index is 1.09. The van der Waals surface area contributed by atoms with Crippen LogP contribution in [-0.4, -0.2) is 24.1 Å². The number of aromatic nitrogens is 5. The summed E-state index contributed by atoms with van der Waals surface area (Å²) >= 11 is 0. The minimum absolute atomic E-state index is 0.520. The Morgan fingerprint density at radius 2 is 0.826 bits per heavy atom. The maximum Gasteiger partial charge on any atom is 0.238 e. The maximum atomic E-state index is 6.64. The van der Waals surface area contributed by atoms with E-state index in [4.69, 9.17) is 19.4 Å². The molecule has 0 amide bonds. The van der Waals surface area contributed by atoms with Gasteiger partial charge in [0.05, 0.1) is 27.8 Å². The zero-order valence-electron chi connectivity index (χ0n) is 37.2. The molecule has 4 aromatic heterocycles. The van der Waals surface area contributed by atoms with Crippen LogP contribution >= 0.6 is 0 Å². The molecule has 322 valence electrons. The molecule has 69 heavy (non-hydrogen) atoms. The average molecular weight is 882 g/mol. The third-order valence-electron chi connectivity index (χ3n) is 13.6. The van der Waals surface area contributed by atoms with Crippen LogP contribution in [0.4, 0.5) is 0 Å². The molecule has 0 aliphatic carbocycles. The summed E-state index contributed by atoms with van der Waals surface area (Å²) in [6.07, 6.45) is 0. The monoisotopic (exact) mass is 881 g/mol. The molecule has 6 nitrogen and oxygen atoms in total. The maximum absolute atomic E-state index is 6.64. The molecular weight excluding hydrogens is 843 g/mol. The molecule has 0 radical (unpaired) electrons. The van der Waals surface area contributed by atoms with Gasteiger partial charge in [-0.15, -0.1) is 0 Å². The van der Waals surface area contributed by atoms with Crippen LogP contribution in [0.5, 0.6) is 0 Å². The van der Waals surface area contributed by atoms with Gasteiger partial charge in [-0.3, -0.25) is 4.57 Å². The van der Waals surface area contributed by atoms with Gasteiger partial charge in [0.15, 0.2) is 11.6 Å². The van der Waals surface area contributed by atoms with E-state index in [0.29, 0.717) is 17.6 Å². The molecule has 0 saturated heterocycles. The molecule has 6 heteroatoms. The van der Waals surface area contributed by atoms with Crippen molar-refractivity contribution < 1.29 is 4.42 Å². The van der Waals surface area contributed by atoms with Gasteiger partial charge in [-0.05, 0) is 64.2 Å². The van der Waals surface area contributed by atoms with Gasteiger partial charge in [0, 0.05) is 49.0 Å². The van der Waals surface area contributed by atoms with Crippen molar-refractivity contribution in [2.75, 3.05) is 0 Å². The Labute approximate surface area is 396 Å². The molecule has 0 N–H and O–H groups in total. The highest BCUT2D eigenvalue weighted by Crippen LogP contribution is 2.45. The molecule has 0 fully saturated rings. The summed E-state index contributed by atoms with van der Waals surface area (Å²) < 4.78 is 11.4. The van der Waals surface area contributed by atoms with Gasteiger partial charge in [0.2, 0.25) is 5.95 Å². The Morgan fingerprint density at radius 1 is 0.304 bits per heavy atom. The topological polar surface area (TPSA) is 61.7 Å². The van der Waals surface area contributed by atoms with Crippen LogP contribution < -0.4 is 0 Å². The molecule has 0 aliphatic heterocycles. The van der Waals surface area contributed by atoms with E-state index >= 15 is 0 Å². The van der Waals surface area contributed by atoms with Crippen molar-refractivity contribution in [3.8, 4) is 67.8 Å². The first-order valence-electron chi connectivity index (χ1n) is 23.3. The predicted molar refractivity (Wildman–Crippen MR) is 283 cm³/mol. The predicted octanol–water partition coefficient (Wildman–Crippen LogP) is 16.3. The van der Waals surface area contributed by atoms with Gasteiger partial charge in [0.25, 0.3) is 0 Å². The summed E-state index contributed by atoms with van der Waals surface area (Å²) in [7, 11) is 0. The van der Waals surface area contributed by atoms with Gasteiger partial charge in [-0.2, -0.15) is 9.97 Å². The lowest BCUT2D eigenvalue weighted by atomic mass is 9.98. The third-order valence-corrected chi connectivity index (χ3v) is 13.6. The average Bonchev–Trinajstić information content (AvgIpc) is 4.09. The van der Waals surface area contributed by atoms with Crippen LogP contribution in [0.3, 0.4) is 0 Å². The number of nitrogens with zero attached hydrogens (tertiary/aromatic N) is 5. The second-order valence-corrected chi connectivity index (χ2v) is 17.5. The Kier molecular flexibility index (Phi) is 8.79. The summed E-state index contributed by atoms with van der Waals surface area (Å²) in [5.74, 6) is 1.65. The standard InChI is InChI=1S/C63H39N5O/c1-5-18-40(19-6-1)44-32-34-46(42-22-9-3-10-23-42)55(38-44)67-53-29-15-13-26-47(53)49-36-37-50-48-27-14-16-30-54(48)68(60(50)59(49)67)63-65-61(43-24-11-4-12-25-43)64-62(66-63)52-28-17-31-56-58(52)51-35-33-45(39-57(51)69-56)41-20-7-2-8-21-41/h1-39H. The van der Waals surface area contributed by atoms with Crippen LogP contribution in [-0.2, 0) is 0 Å². The van der Waals surface area contributed by atoms with Gasteiger partial charge in [-0.25, -0.2) is 4.98 Å². The molecule has 4 heterocycles. The van der Waals surface area contributed by atoms with E-state index in [-0.39, 0.29) is 0 Å². The highest BCUT2D eigenvalue weighted by Gasteiger charge is 2.26. The fourth-order valence-electron chi connectivity index (χ4n) is 10.5. The first kappa shape index (κ1) is 38.8. The molecule has 0 bridgehead atoms. The summed E-state index contributed by atoms with van der Waals surface area (Å²) in [5, 5.41) is 6.45. The number of hydrogen-bond acceptors (Lipinski definition) is 4. The van der Waals surface area contributed by atoms with Crippen molar-refractivity contribution in [3.05, 3.63) is 237 Å². The fourth-order valence-corrected chi connectivity index (χ4v) is 10.5. The van der Waals surface area contributed by atoms with Crippen molar-refractivity contribution >= 4 is 65.6 Å². The van der Waals surface area contributed by atoms with Crippen LogP contribution in [0.15, 0.2) is 241 Å². The molecule has 0 saturated carbocycles. The molecular formula is C63H39N5O. The third kappa shape index (κ3) is 6.23. The number of benzene rings is 10. The van der Waals surface area contributed by atoms with Crippen molar-refractivity contribution in [3.63, 3.8) is 0 Å². The van der Waals surface area contributed by atoms with Crippen LogP contribution in [0.2, 0.25) is 0 Å². The second-order valence-electron chi connectivity index (χ2n) is 17.5. The van der Waals surface area contributed by atoms with Crippen molar-refractivity contribution in [2.24, 2.45) is 0 Å². The van der Waals surface area contributed by atoms with Gasteiger partial charge < -0.3 is 8.98 Å². The largest absolute Gasteiger partial charge is 0.456 e. The highest BCUT2D eigenvalue weighted by atomic mass is 16.3. The van der Waals surface area contributed by atoms with Crippen LogP contribution in [0.25, 0.3) is 133 Å². The number of rotatable bonds is 7. The molecule has 0 unspecified atom stereocenters. The van der Waals surface area contributed by atoms with E-state index in [1.54, 1.807) is 0 Å². The van der Waals surface area contributed by atoms with E-state index in [1.165, 1.54) is 0 Å². The van der Waals surface area contributed by atoms with E-state index in [0.717, 1.165) is 116 Å².